The molecule has 0 N–H and O–H groups in total. The van der Waals surface area contributed by atoms with Gasteiger partial charge in [-0.2, -0.15) is 0 Å². The third kappa shape index (κ3) is 5.34. The maximum atomic E-state index is 12.7. The molecule has 4 nitrogen and oxygen atoms in total. The fourth-order valence-corrected chi connectivity index (χ4v) is 4.15. The zero-order valence-electron chi connectivity index (χ0n) is 16.4. The van der Waals surface area contributed by atoms with Gasteiger partial charge in [-0.3, -0.25) is 19.2 Å². The predicted octanol–water partition coefficient (Wildman–Crippen LogP) is 4.69. The Morgan fingerprint density at radius 1 is 0.393 bits per heavy atom. The number of rotatable bonds is 0. The molecule has 148 valence electrons. The zero-order chi connectivity index (χ0) is 19.9. The predicted molar refractivity (Wildman–Crippen MR) is 108 cm³/mol. The summed E-state index contributed by atoms with van der Waals surface area (Å²) < 4.78 is 0. The van der Waals surface area contributed by atoms with Gasteiger partial charge < -0.3 is 0 Å². The van der Waals surface area contributed by atoms with E-state index in [1.807, 2.05) is 0 Å². The van der Waals surface area contributed by atoms with Crippen LogP contribution < -0.4 is 0 Å². The van der Waals surface area contributed by atoms with Crippen LogP contribution in [0.2, 0.25) is 0 Å². The highest BCUT2D eigenvalue weighted by Crippen LogP contribution is 2.27. The van der Waals surface area contributed by atoms with E-state index in [2.05, 4.69) is 0 Å². The van der Waals surface area contributed by atoms with Crippen LogP contribution in [0.1, 0.15) is 77.0 Å². The molecule has 0 saturated heterocycles. The summed E-state index contributed by atoms with van der Waals surface area (Å²) in [6.45, 7) is 0. The Labute approximate surface area is 166 Å². The Morgan fingerprint density at radius 2 is 0.679 bits per heavy atom. The van der Waals surface area contributed by atoms with Gasteiger partial charge in [-0.1, -0.05) is 38.5 Å². The highest BCUT2D eigenvalue weighted by atomic mass is 16.1. The molecule has 0 heterocycles. The van der Waals surface area contributed by atoms with Crippen LogP contribution in [0.5, 0.6) is 0 Å². The molecule has 0 radical (unpaired) electrons. The Kier molecular flexibility index (Phi) is 7.07. The van der Waals surface area contributed by atoms with E-state index in [1.54, 1.807) is 0 Å². The fraction of sp³-hybridized carbons (Fsp3) is 0.500. The van der Waals surface area contributed by atoms with E-state index in [0.29, 0.717) is 48.0 Å². The molecule has 0 atom stereocenters. The third-order valence-corrected chi connectivity index (χ3v) is 5.74. The highest BCUT2D eigenvalue weighted by molar-refractivity contribution is 6.21. The van der Waals surface area contributed by atoms with E-state index in [0.717, 1.165) is 38.5 Å². The third-order valence-electron chi connectivity index (χ3n) is 5.74. The molecule has 3 aliphatic carbocycles. The summed E-state index contributed by atoms with van der Waals surface area (Å²) >= 11 is 0. The van der Waals surface area contributed by atoms with E-state index in [4.69, 9.17) is 0 Å². The van der Waals surface area contributed by atoms with E-state index in [1.165, 1.54) is 37.1 Å². The van der Waals surface area contributed by atoms with Crippen LogP contribution >= 0.6 is 0 Å². The van der Waals surface area contributed by atoms with Crippen LogP contribution in [0.15, 0.2) is 46.6 Å². The number of Topliss-reactive ketones (excluding diaryl/α,β-unsaturated/α-hetero) is 2. The van der Waals surface area contributed by atoms with Crippen molar-refractivity contribution in [3.05, 3.63) is 46.6 Å². The minimum Gasteiger partial charge on any atom is -0.290 e. The lowest BCUT2D eigenvalue weighted by Crippen LogP contribution is -2.17. The summed E-state index contributed by atoms with van der Waals surface area (Å²) in [4.78, 5) is 49.5. The lowest BCUT2D eigenvalue weighted by atomic mass is 9.85. The second-order valence-electron chi connectivity index (χ2n) is 7.97. The quantitative estimate of drug-likeness (QED) is 0.572. The number of carbonyl (C=O) groups excluding carboxylic acids is 4. The maximum absolute atomic E-state index is 12.7. The Morgan fingerprint density at radius 3 is 1.04 bits per heavy atom. The van der Waals surface area contributed by atoms with Crippen LogP contribution in [-0.4, -0.2) is 23.1 Å². The molecule has 0 aliphatic heterocycles. The average Bonchev–Trinajstić information content (AvgIpc) is 2.66. The Balaban J connectivity index is 1.75. The maximum Gasteiger partial charge on any atom is 0.185 e. The monoisotopic (exact) mass is 380 g/mol. The first-order chi connectivity index (χ1) is 13.5. The summed E-state index contributed by atoms with van der Waals surface area (Å²) in [6.07, 6.45) is 16.2. The molecule has 28 heavy (non-hydrogen) atoms. The van der Waals surface area contributed by atoms with Gasteiger partial charge in [0.2, 0.25) is 0 Å². The van der Waals surface area contributed by atoms with Gasteiger partial charge >= 0.3 is 0 Å². The van der Waals surface area contributed by atoms with Gasteiger partial charge in [0.1, 0.15) is 0 Å². The molecule has 0 aromatic heterocycles. The number of fused-ring (bicyclic) bond motifs is 4. The molecule has 0 aromatic carbocycles. The van der Waals surface area contributed by atoms with Crippen molar-refractivity contribution in [3.63, 3.8) is 0 Å². The number of carbonyl (C=O) groups is 4. The van der Waals surface area contributed by atoms with Gasteiger partial charge in [-0.15, -0.1) is 0 Å². The second-order valence-corrected chi connectivity index (χ2v) is 7.97. The van der Waals surface area contributed by atoms with Crippen LogP contribution in [0.25, 0.3) is 0 Å². The van der Waals surface area contributed by atoms with Crippen LogP contribution in [0.4, 0.5) is 0 Å². The van der Waals surface area contributed by atoms with Crippen LogP contribution in [0, 0.1) is 0 Å². The van der Waals surface area contributed by atoms with Gasteiger partial charge in [0.05, 0.1) is 0 Å². The average molecular weight is 380 g/mol. The highest BCUT2D eigenvalue weighted by Gasteiger charge is 2.25. The molecular weight excluding hydrogens is 352 g/mol. The Hall–Kier alpha value is -2.36. The van der Waals surface area contributed by atoms with Crippen LogP contribution in [-0.2, 0) is 19.2 Å². The second kappa shape index (κ2) is 9.72. The number of allylic oxidation sites excluding steroid dienone is 8. The lowest BCUT2D eigenvalue weighted by molar-refractivity contribution is -0.116. The number of hydrogen-bond acceptors (Lipinski definition) is 4. The summed E-state index contributed by atoms with van der Waals surface area (Å²) in [5.41, 5.74) is 2.09. The Bertz CT molecular complexity index is 736. The number of hydrogen-bond donors (Lipinski definition) is 0. The molecule has 1 saturated carbocycles. The first-order valence-electron chi connectivity index (χ1n) is 10.5. The molecule has 0 spiro atoms. The summed E-state index contributed by atoms with van der Waals surface area (Å²) in [5.74, 6) is -0.461. The number of ketones is 4. The molecule has 3 rings (SSSR count). The molecule has 0 amide bonds. The van der Waals surface area contributed by atoms with Crippen molar-refractivity contribution >= 4 is 23.1 Å². The van der Waals surface area contributed by atoms with Crippen LogP contribution in [0.3, 0.4) is 0 Å². The minimum atomic E-state index is -0.153. The molecule has 4 bridgehead atoms. The van der Waals surface area contributed by atoms with Gasteiger partial charge in [-0.25, -0.2) is 0 Å². The van der Waals surface area contributed by atoms with E-state index in [-0.39, 0.29) is 23.1 Å². The van der Waals surface area contributed by atoms with Crippen molar-refractivity contribution in [2.24, 2.45) is 0 Å². The van der Waals surface area contributed by atoms with Crippen molar-refractivity contribution < 1.29 is 19.2 Å². The molecule has 1 fully saturated rings. The van der Waals surface area contributed by atoms with Gasteiger partial charge in [0, 0.05) is 22.3 Å². The van der Waals surface area contributed by atoms with E-state index >= 15 is 0 Å². The normalized spacial score (nSPS) is 23.1. The molecule has 4 heteroatoms. The van der Waals surface area contributed by atoms with Crippen molar-refractivity contribution in [3.8, 4) is 0 Å². The van der Waals surface area contributed by atoms with Crippen molar-refractivity contribution in [2.45, 2.75) is 77.0 Å². The minimum absolute atomic E-state index is 0.0772. The fourth-order valence-electron chi connectivity index (χ4n) is 4.15. The first-order valence-corrected chi connectivity index (χ1v) is 10.5. The summed E-state index contributed by atoms with van der Waals surface area (Å²) in [5, 5.41) is 0. The van der Waals surface area contributed by atoms with E-state index in [9.17, 15) is 19.2 Å². The summed E-state index contributed by atoms with van der Waals surface area (Å²) in [7, 11) is 0. The van der Waals surface area contributed by atoms with Gasteiger partial charge in [-0.05, 0) is 62.8 Å². The molecule has 0 aromatic rings. The van der Waals surface area contributed by atoms with Gasteiger partial charge in [0.15, 0.2) is 23.1 Å². The smallest absolute Gasteiger partial charge is 0.185 e. The van der Waals surface area contributed by atoms with Crippen molar-refractivity contribution in [1.82, 2.24) is 0 Å². The lowest BCUT2D eigenvalue weighted by Gasteiger charge is -2.17. The summed E-state index contributed by atoms with van der Waals surface area (Å²) in [6, 6.07) is 0. The standard InChI is InChI=1S/C24H28O4/c25-21-13-17-9-7-5-3-1-2-4-6-8-10-18-14-22(26)16-20(24(18)28)12-11-19(15-21)23(17)27/h13-16H,1-12H2. The van der Waals surface area contributed by atoms with E-state index < -0.39 is 0 Å². The topological polar surface area (TPSA) is 68.3 Å². The zero-order valence-corrected chi connectivity index (χ0v) is 16.4. The molecular formula is C24H28O4. The van der Waals surface area contributed by atoms with Crippen molar-refractivity contribution in [2.75, 3.05) is 0 Å². The van der Waals surface area contributed by atoms with Gasteiger partial charge in [0.25, 0.3) is 0 Å². The molecule has 0 unspecified atom stereocenters. The molecule has 3 aliphatic rings. The first kappa shape index (κ1) is 20.4. The SMILES string of the molecule is O=C1C=C2CCCCCCCCCCC3=CC(=O)C=C(CCC(=C1)C2=O)C3=O. The van der Waals surface area contributed by atoms with Crippen molar-refractivity contribution in [1.29, 1.82) is 0 Å². The largest absolute Gasteiger partial charge is 0.290 e.